The molecule has 2 atom stereocenters. The number of fused-ring (bicyclic) bond motifs is 1. The Morgan fingerprint density at radius 2 is 2.15 bits per heavy atom. The summed E-state index contributed by atoms with van der Waals surface area (Å²) in [6.07, 6.45) is 1.13. The predicted molar refractivity (Wildman–Crippen MR) is 71.5 cm³/mol. The average Bonchev–Trinajstić information content (AvgIpc) is 3.02. The summed E-state index contributed by atoms with van der Waals surface area (Å²) in [5, 5.41) is 9.37. The highest BCUT2D eigenvalue weighted by atomic mass is 16.5. The standard InChI is InChI=1S/C15H17NO4/c1-15(14(18)19)7-4-8-16(15)13(17)12-9-10-5-2-3-6-11(10)20-12/h2-3,5-6,12H,4,7-9H2,1H3,(H,18,19). The molecule has 0 aromatic heterocycles. The van der Waals surface area contributed by atoms with Crippen molar-refractivity contribution in [2.45, 2.75) is 37.8 Å². The topological polar surface area (TPSA) is 66.8 Å². The summed E-state index contributed by atoms with van der Waals surface area (Å²) in [6.45, 7) is 2.10. The van der Waals surface area contributed by atoms with Crippen LogP contribution >= 0.6 is 0 Å². The summed E-state index contributed by atoms with van der Waals surface area (Å²) in [5.74, 6) is -0.440. The zero-order chi connectivity index (χ0) is 14.3. The highest BCUT2D eigenvalue weighted by Gasteiger charge is 2.48. The van der Waals surface area contributed by atoms with Crippen LogP contribution in [0.2, 0.25) is 0 Å². The number of aliphatic carboxylic acids is 1. The zero-order valence-electron chi connectivity index (χ0n) is 11.3. The smallest absolute Gasteiger partial charge is 0.329 e. The number of ether oxygens (including phenoxy) is 1. The Labute approximate surface area is 117 Å². The molecular formula is C15H17NO4. The number of rotatable bonds is 2. The third-order valence-corrected chi connectivity index (χ3v) is 4.29. The van der Waals surface area contributed by atoms with Gasteiger partial charge in [-0.15, -0.1) is 0 Å². The van der Waals surface area contributed by atoms with Crippen LogP contribution in [0.3, 0.4) is 0 Å². The largest absolute Gasteiger partial charge is 0.480 e. The van der Waals surface area contributed by atoms with Crippen LogP contribution in [-0.2, 0) is 16.0 Å². The lowest BCUT2D eigenvalue weighted by molar-refractivity contribution is -0.157. The quantitative estimate of drug-likeness (QED) is 0.887. The summed E-state index contributed by atoms with van der Waals surface area (Å²) < 4.78 is 5.67. The number of para-hydroxylation sites is 1. The minimum Gasteiger partial charge on any atom is -0.480 e. The fourth-order valence-corrected chi connectivity index (χ4v) is 3.03. The number of benzene rings is 1. The van der Waals surface area contributed by atoms with Gasteiger partial charge in [0.1, 0.15) is 11.3 Å². The predicted octanol–water partition coefficient (Wildman–Crippen LogP) is 1.46. The van der Waals surface area contributed by atoms with Crippen molar-refractivity contribution >= 4 is 11.9 Å². The van der Waals surface area contributed by atoms with Gasteiger partial charge < -0.3 is 14.7 Å². The molecule has 0 aliphatic carbocycles. The molecule has 2 aliphatic heterocycles. The van der Waals surface area contributed by atoms with Crippen molar-refractivity contribution < 1.29 is 19.4 Å². The van der Waals surface area contributed by atoms with Crippen LogP contribution in [-0.4, -0.2) is 40.1 Å². The summed E-state index contributed by atoms with van der Waals surface area (Å²) in [4.78, 5) is 25.5. The second kappa shape index (κ2) is 4.51. The molecule has 1 aromatic rings. The molecule has 1 saturated heterocycles. The van der Waals surface area contributed by atoms with E-state index in [4.69, 9.17) is 4.74 Å². The fourth-order valence-electron chi connectivity index (χ4n) is 3.03. The summed E-state index contributed by atoms with van der Waals surface area (Å²) in [5.41, 5.74) is -0.100. The Hall–Kier alpha value is -2.04. The first kappa shape index (κ1) is 13.0. The Balaban J connectivity index is 1.80. The second-order valence-electron chi connectivity index (χ2n) is 5.59. The van der Waals surface area contributed by atoms with Crippen LogP contribution < -0.4 is 4.74 Å². The molecule has 2 heterocycles. The van der Waals surface area contributed by atoms with E-state index < -0.39 is 17.6 Å². The Kier molecular flexibility index (Phi) is 2.92. The third-order valence-electron chi connectivity index (χ3n) is 4.29. The summed E-state index contributed by atoms with van der Waals surface area (Å²) in [7, 11) is 0. The molecule has 1 N–H and O–H groups in total. The molecule has 2 aliphatic rings. The maximum atomic E-state index is 12.6. The minimum absolute atomic E-state index is 0.219. The third kappa shape index (κ3) is 1.85. The second-order valence-corrected chi connectivity index (χ2v) is 5.59. The lowest BCUT2D eigenvalue weighted by Crippen LogP contribution is -2.54. The Morgan fingerprint density at radius 3 is 2.85 bits per heavy atom. The van der Waals surface area contributed by atoms with Gasteiger partial charge in [-0.05, 0) is 31.4 Å². The number of hydrogen-bond donors (Lipinski definition) is 1. The highest BCUT2D eigenvalue weighted by Crippen LogP contribution is 2.34. The van der Waals surface area contributed by atoms with Crippen molar-refractivity contribution in [3.63, 3.8) is 0 Å². The van der Waals surface area contributed by atoms with E-state index in [0.717, 1.165) is 11.3 Å². The molecule has 106 valence electrons. The van der Waals surface area contributed by atoms with Crippen molar-refractivity contribution in [1.82, 2.24) is 4.90 Å². The van der Waals surface area contributed by atoms with E-state index in [2.05, 4.69) is 0 Å². The molecule has 3 rings (SSSR count). The van der Waals surface area contributed by atoms with Gasteiger partial charge in [-0.1, -0.05) is 18.2 Å². The first-order valence-corrected chi connectivity index (χ1v) is 6.82. The van der Waals surface area contributed by atoms with Gasteiger partial charge in [0.25, 0.3) is 5.91 Å². The van der Waals surface area contributed by atoms with E-state index in [0.29, 0.717) is 25.8 Å². The van der Waals surface area contributed by atoms with Crippen LogP contribution in [0.4, 0.5) is 0 Å². The van der Waals surface area contributed by atoms with E-state index in [1.807, 2.05) is 24.3 Å². The van der Waals surface area contributed by atoms with E-state index >= 15 is 0 Å². The molecule has 0 radical (unpaired) electrons. The number of nitrogens with zero attached hydrogens (tertiary/aromatic N) is 1. The van der Waals surface area contributed by atoms with Gasteiger partial charge in [-0.2, -0.15) is 0 Å². The van der Waals surface area contributed by atoms with Crippen LogP contribution in [0.25, 0.3) is 0 Å². The maximum Gasteiger partial charge on any atom is 0.329 e. The van der Waals surface area contributed by atoms with E-state index in [1.165, 1.54) is 4.90 Å². The summed E-state index contributed by atoms with van der Waals surface area (Å²) in [6, 6.07) is 7.54. The monoisotopic (exact) mass is 275 g/mol. The van der Waals surface area contributed by atoms with Crippen molar-refractivity contribution in [3.05, 3.63) is 29.8 Å². The van der Waals surface area contributed by atoms with Gasteiger partial charge >= 0.3 is 5.97 Å². The van der Waals surface area contributed by atoms with Crippen LogP contribution in [0.15, 0.2) is 24.3 Å². The molecule has 0 bridgehead atoms. The van der Waals surface area contributed by atoms with Gasteiger partial charge in [-0.3, -0.25) is 4.79 Å². The van der Waals surface area contributed by atoms with Crippen molar-refractivity contribution in [2.75, 3.05) is 6.54 Å². The fraction of sp³-hybridized carbons (Fsp3) is 0.467. The van der Waals surface area contributed by atoms with E-state index in [1.54, 1.807) is 6.92 Å². The van der Waals surface area contributed by atoms with E-state index in [-0.39, 0.29) is 5.91 Å². The maximum absolute atomic E-state index is 12.6. The molecule has 5 heteroatoms. The molecule has 20 heavy (non-hydrogen) atoms. The highest BCUT2D eigenvalue weighted by molar-refractivity contribution is 5.90. The lowest BCUT2D eigenvalue weighted by Gasteiger charge is -2.32. The molecule has 1 aromatic carbocycles. The van der Waals surface area contributed by atoms with Crippen molar-refractivity contribution in [1.29, 1.82) is 0 Å². The van der Waals surface area contributed by atoms with Crippen LogP contribution in [0.5, 0.6) is 5.75 Å². The van der Waals surface area contributed by atoms with Gasteiger partial charge in [0, 0.05) is 13.0 Å². The number of likely N-dealkylation sites (tertiary alicyclic amines) is 1. The molecule has 5 nitrogen and oxygen atoms in total. The molecule has 0 saturated carbocycles. The molecule has 1 amide bonds. The molecule has 0 spiro atoms. The van der Waals surface area contributed by atoms with Crippen molar-refractivity contribution in [3.8, 4) is 5.75 Å². The Bertz CT molecular complexity index is 546. The van der Waals surface area contributed by atoms with Crippen LogP contribution in [0.1, 0.15) is 25.3 Å². The number of hydrogen-bond acceptors (Lipinski definition) is 3. The number of carboxylic acids is 1. The van der Waals surface area contributed by atoms with Gasteiger partial charge in [0.15, 0.2) is 6.10 Å². The SMILES string of the molecule is CC1(C(=O)O)CCCN1C(=O)C1Cc2ccccc2O1. The van der Waals surface area contributed by atoms with Crippen LogP contribution in [0, 0.1) is 0 Å². The first-order chi connectivity index (χ1) is 9.52. The Morgan fingerprint density at radius 1 is 1.40 bits per heavy atom. The molecule has 1 fully saturated rings. The number of amides is 1. The zero-order valence-corrected chi connectivity index (χ0v) is 11.3. The molecule has 2 unspecified atom stereocenters. The number of carbonyl (C=O) groups excluding carboxylic acids is 1. The number of carbonyl (C=O) groups is 2. The molecular weight excluding hydrogens is 258 g/mol. The minimum atomic E-state index is -1.10. The van der Waals surface area contributed by atoms with Crippen molar-refractivity contribution in [2.24, 2.45) is 0 Å². The number of carboxylic acid groups (broad SMARTS) is 1. The average molecular weight is 275 g/mol. The first-order valence-electron chi connectivity index (χ1n) is 6.82. The van der Waals surface area contributed by atoms with Gasteiger partial charge in [0.05, 0.1) is 0 Å². The lowest BCUT2D eigenvalue weighted by atomic mass is 9.98. The van der Waals surface area contributed by atoms with Gasteiger partial charge in [-0.25, -0.2) is 4.79 Å². The van der Waals surface area contributed by atoms with E-state index in [9.17, 15) is 14.7 Å². The normalized spacial score (nSPS) is 28.1. The summed E-state index contributed by atoms with van der Waals surface area (Å²) >= 11 is 0. The van der Waals surface area contributed by atoms with Gasteiger partial charge in [0.2, 0.25) is 0 Å².